The second-order valence-electron chi connectivity index (χ2n) is 3.99. The number of esters is 1. The molecule has 0 bridgehead atoms. The van der Waals surface area contributed by atoms with E-state index in [1.807, 2.05) is 6.07 Å². The van der Waals surface area contributed by atoms with Crippen LogP contribution in [0.25, 0.3) is 0 Å². The van der Waals surface area contributed by atoms with Gasteiger partial charge in [0, 0.05) is 0 Å². The van der Waals surface area contributed by atoms with Gasteiger partial charge in [-0.05, 0) is 5.56 Å². The van der Waals surface area contributed by atoms with Crippen LogP contribution in [0.15, 0.2) is 30.3 Å². The number of ether oxygens (including phenoxy) is 1. The molecule has 6 heteroatoms. The fourth-order valence-electron chi connectivity index (χ4n) is 1.51. The lowest BCUT2D eigenvalue weighted by atomic mass is 10.0. The number of aliphatic carboxylic acids is 2. The van der Waals surface area contributed by atoms with Gasteiger partial charge in [-0.25, -0.2) is 0 Å². The maximum absolute atomic E-state index is 11.6. The van der Waals surface area contributed by atoms with Crippen LogP contribution >= 0.6 is 0 Å². The molecule has 0 fully saturated rings. The SMILES string of the molecule is O=C(O)CC(CC(=O)O)C(=O)OCc1ccccc1. The first-order chi connectivity index (χ1) is 8.99. The van der Waals surface area contributed by atoms with Crippen LogP contribution in [-0.2, 0) is 25.7 Å². The number of carbonyl (C=O) groups is 3. The van der Waals surface area contributed by atoms with Gasteiger partial charge in [0.05, 0.1) is 18.8 Å². The van der Waals surface area contributed by atoms with Gasteiger partial charge in [0.15, 0.2) is 0 Å². The van der Waals surface area contributed by atoms with Crippen molar-refractivity contribution >= 4 is 17.9 Å². The molecule has 0 saturated heterocycles. The number of hydrogen-bond donors (Lipinski definition) is 2. The molecule has 1 rings (SSSR count). The first-order valence-corrected chi connectivity index (χ1v) is 5.63. The molecule has 0 aliphatic heterocycles. The van der Waals surface area contributed by atoms with Gasteiger partial charge in [0.2, 0.25) is 0 Å². The zero-order valence-electron chi connectivity index (χ0n) is 10.1. The fourth-order valence-corrected chi connectivity index (χ4v) is 1.51. The molecule has 1 aromatic carbocycles. The maximum Gasteiger partial charge on any atom is 0.310 e. The van der Waals surface area contributed by atoms with E-state index >= 15 is 0 Å². The Hall–Kier alpha value is -2.37. The lowest BCUT2D eigenvalue weighted by Gasteiger charge is -2.12. The summed E-state index contributed by atoms with van der Waals surface area (Å²) < 4.78 is 4.93. The van der Waals surface area contributed by atoms with Crippen LogP contribution in [0.3, 0.4) is 0 Å². The lowest BCUT2D eigenvalue weighted by Crippen LogP contribution is -2.23. The van der Waals surface area contributed by atoms with Crippen molar-refractivity contribution in [3.05, 3.63) is 35.9 Å². The Morgan fingerprint density at radius 1 is 1.00 bits per heavy atom. The van der Waals surface area contributed by atoms with Gasteiger partial charge in [0.25, 0.3) is 0 Å². The average Bonchev–Trinajstić information content (AvgIpc) is 2.35. The first-order valence-electron chi connectivity index (χ1n) is 5.63. The second-order valence-corrected chi connectivity index (χ2v) is 3.99. The van der Waals surface area contributed by atoms with E-state index in [9.17, 15) is 14.4 Å². The summed E-state index contributed by atoms with van der Waals surface area (Å²) in [6.07, 6.45) is -1.11. The van der Waals surface area contributed by atoms with E-state index in [2.05, 4.69) is 0 Å². The predicted octanol–water partition coefficient (Wildman–Crippen LogP) is 1.30. The van der Waals surface area contributed by atoms with Crippen molar-refractivity contribution < 1.29 is 29.3 Å². The Bertz CT molecular complexity index is 437. The molecule has 6 nitrogen and oxygen atoms in total. The topological polar surface area (TPSA) is 101 Å². The van der Waals surface area contributed by atoms with Crippen LogP contribution < -0.4 is 0 Å². The van der Waals surface area contributed by atoms with E-state index in [1.165, 1.54) is 0 Å². The summed E-state index contributed by atoms with van der Waals surface area (Å²) >= 11 is 0. The number of hydrogen-bond acceptors (Lipinski definition) is 4. The molecule has 0 saturated carbocycles. The third kappa shape index (κ3) is 5.67. The Morgan fingerprint density at radius 3 is 2.00 bits per heavy atom. The molecule has 0 aromatic heterocycles. The summed E-state index contributed by atoms with van der Waals surface area (Å²) in [5, 5.41) is 17.3. The molecule has 0 radical (unpaired) electrons. The number of carboxylic acid groups (broad SMARTS) is 2. The average molecular weight is 266 g/mol. The van der Waals surface area contributed by atoms with E-state index < -0.39 is 36.7 Å². The molecule has 0 aliphatic carbocycles. The summed E-state index contributed by atoms with van der Waals surface area (Å²) in [6, 6.07) is 8.85. The van der Waals surface area contributed by atoms with E-state index in [0.29, 0.717) is 0 Å². The second kappa shape index (κ2) is 7.15. The van der Waals surface area contributed by atoms with Crippen LogP contribution in [0.2, 0.25) is 0 Å². The molecule has 0 heterocycles. The predicted molar refractivity (Wildman–Crippen MR) is 64.2 cm³/mol. The monoisotopic (exact) mass is 266 g/mol. The van der Waals surface area contributed by atoms with Crippen molar-refractivity contribution in [3.63, 3.8) is 0 Å². The van der Waals surface area contributed by atoms with Gasteiger partial charge < -0.3 is 14.9 Å². The van der Waals surface area contributed by atoms with E-state index in [1.54, 1.807) is 24.3 Å². The highest BCUT2D eigenvalue weighted by atomic mass is 16.5. The van der Waals surface area contributed by atoms with Crippen LogP contribution in [0, 0.1) is 5.92 Å². The van der Waals surface area contributed by atoms with Gasteiger partial charge in [-0.1, -0.05) is 30.3 Å². The van der Waals surface area contributed by atoms with Gasteiger partial charge >= 0.3 is 17.9 Å². The summed E-state index contributed by atoms with van der Waals surface area (Å²) in [5.41, 5.74) is 0.750. The van der Waals surface area contributed by atoms with E-state index in [0.717, 1.165) is 5.56 Å². The number of benzene rings is 1. The van der Waals surface area contributed by atoms with Crippen LogP contribution in [0.5, 0.6) is 0 Å². The Balaban J connectivity index is 2.56. The standard InChI is InChI=1S/C13H14O6/c14-11(15)6-10(7-12(16)17)13(18)19-8-9-4-2-1-3-5-9/h1-5,10H,6-8H2,(H,14,15)(H,16,17). The summed E-state index contributed by atoms with van der Waals surface area (Å²) in [4.78, 5) is 32.8. The van der Waals surface area contributed by atoms with Crippen molar-refractivity contribution in [3.8, 4) is 0 Å². The fraction of sp³-hybridized carbons (Fsp3) is 0.308. The molecule has 2 N–H and O–H groups in total. The molecule has 0 atom stereocenters. The zero-order chi connectivity index (χ0) is 14.3. The molecule has 0 unspecified atom stereocenters. The highest BCUT2D eigenvalue weighted by Gasteiger charge is 2.26. The normalized spacial score (nSPS) is 10.2. The van der Waals surface area contributed by atoms with Crippen molar-refractivity contribution in [2.24, 2.45) is 5.92 Å². The molecule has 0 amide bonds. The van der Waals surface area contributed by atoms with E-state index in [-0.39, 0.29) is 6.61 Å². The molecule has 19 heavy (non-hydrogen) atoms. The Morgan fingerprint density at radius 2 is 1.53 bits per heavy atom. The van der Waals surface area contributed by atoms with Gasteiger partial charge in [-0.15, -0.1) is 0 Å². The lowest BCUT2D eigenvalue weighted by molar-refractivity contribution is -0.157. The Kier molecular flexibility index (Phi) is 5.53. The third-order valence-corrected chi connectivity index (χ3v) is 2.40. The van der Waals surface area contributed by atoms with Crippen molar-refractivity contribution in [2.45, 2.75) is 19.4 Å². The molecule has 0 spiro atoms. The minimum absolute atomic E-state index is 0.00455. The quantitative estimate of drug-likeness (QED) is 0.721. The van der Waals surface area contributed by atoms with Crippen molar-refractivity contribution in [1.82, 2.24) is 0 Å². The van der Waals surface area contributed by atoms with Gasteiger partial charge in [0.1, 0.15) is 6.61 Å². The van der Waals surface area contributed by atoms with Crippen molar-refractivity contribution in [1.29, 1.82) is 0 Å². The minimum Gasteiger partial charge on any atom is -0.481 e. The van der Waals surface area contributed by atoms with Crippen LogP contribution in [0.4, 0.5) is 0 Å². The number of carbonyl (C=O) groups excluding carboxylic acids is 1. The highest BCUT2D eigenvalue weighted by Crippen LogP contribution is 2.13. The molecule has 1 aromatic rings. The highest BCUT2D eigenvalue weighted by molar-refractivity contribution is 5.83. The van der Waals surface area contributed by atoms with Crippen LogP contribution in [-0.4, -0.2) is 28.1 Å². The molecule has 0 aliphatic rings. The first kappa shape index (κ1) is 14.7. The minimum atomic E-state index is -1.23. The van der Waals surface area contributed by atoms with Crippen LogP contribution in [0.1, 0.15) is 18.4 Å². The smallest absolute Gasteiger partial charge is 0.310 e. The zero-order valence-corrected chi connectivity index (χ0v) is 10.1. The molecular weight excluding hydrogens is 252 g/mol. The van der Waals surface area contributed by atoms with Gasteiger partial charge in [-0.2, -0.15) is 0 Å². The summed E-state index contributed by atoms with van der Waals surface area (Å²) in [6.45, 7) is -0.00455. The third-order valence-electron chi connectivity index (χ3n) is 2.40. The summed E-state index contributed by atoms with van der Waals surface area (Å²) in [5.74, 6) is -4.45. The number of carboxylic acids is 2. The van der Waals surface area contributed by atoms with Gasteiger partial charge in [-0.3, -0.25) is 14.4 Å². The number of rotatable bonds is 7. The van der Waals surface area contributed by atoms with E-state index in [4.69, 9.17) is 14.9 Å². The Labute approximate surface area is 109 Å². The largest absolute Gasteiger partial charge is 0.481 e. The maximum atomic E-state index is 11.6. The molecular formula is C13H14O6. The molecule has 102 valence electrons. The summed E-state index contributed by atoms with van der Waals surface area (Å²) in [7, 11) is 0. The van der Waals surface area contributed by atoms with Crippen molar-refractivity contribution in [2.75, 3.05) is 0 Å².